The van der Waals surface area contributed by atoms with Gasteiger partial charge in [-0.2, -0.15) is 0 Å². The Hall–Kier alpha value is -3.43. The molecule has 0 atom stereocenters. The Labute approximate surface area is 195 Å². The van der Waals surface area contributed by atoms with Crippen LogP contribution in [-0.2, 0) is 16.9 Å². The summed E-state index contributed by atoms with van der Waals surface area (Å²) >= 11 is 0. The van der Waals surface area contributed by atoms with E-state index in [2.05, 4.69) is 15.3 Å². The zero-order chi connectivity index (χ0) is 24.0. The van der Waals surface area contributed by atoms with E-state index in [1.807, 2.05) is 0 Å². The summed E-state index contributed by atoms with van der Waals surface area (Å²) in [6, 6.07) is 5.85. The van der Waals surface area contributed by atoms with Crippen LogP contribution in [0.4, 0.5) is 14.5 Å². The van der Waals surface area contributed by atoms with Gasteiger partial charge in [-0.3, -0.25) is 14.8 Å². The topological polar surface area (TPSA) is 103 Å². The van der Waals surface area contributed by atoms with E-state index in [1.165, 1.54) is 23.2 Å². The lowest BCUT2D eigenvalue weighted by Crippen LogP contribution is -2.57. The molecule has 3 aliphatic rings. The van der Waals surface area contributed by atoms with Crippen molar-refractivity contribution in [1.29, 1.82) is 0 Å². The van der Waals surface area contributed by atoms with Gasteiger partial charge in [0.2, 0.25) is 0 Å². The maximum Gasteiger partial charge on any atom is 0.252 e. The summed E-state index contributed by atoms with van der Waals surface area (Å²) in [6.45, 7) is 0.813. The lowest BCUT2D eigenvalue weighted by Gasteiger charge is -2.39. The first kappa shape index (κ1) is 22.4. The standard InChI is InChI=1S/C25H25F2N5O2/c1-29-9-17-15(4-5-19(23(17)28)25(34)12-30-13-25)14-7-20(26)18(21(27)8-14)10-32-11-22-16(24(32)33)3-2-6-31-22/h4-9,30,34H,2-3,10-13,28H2,1H3. The lowest BCUT2D eigenvalue weighted by molar-refractivity contribution is -0.126. The molecule has 1 fully saturated rings. The number of nitrogens with two attached hydrogens (primary N) is 1. The molecule has 1 amide bonds. The van der Waals surface area contributed by atoms with Crippen molar-refractivity contribution in [3.05, 3.63) is 63.9 Å². The third-order valence-corrected chi connectivity index (χ3v) is 6.69. The fourth-order valence-electron chi connectivity index (χ4n) is 4.76. The van der Waals surface area contributed by atoms with Crippen LogP contribution in [0.25, 0.3) is 11.1 Å². The van der Waals surface area contributed by atoms with Crippen molar-refractivity contribution >= 4 is 24.0 Å². The molecule has 9 heteroatoms. The summed E-state index contributed by atoms with van der Waals surface area (Å²) in [6.07, 6.45) is 4.57. The molecule has 7 nitrogen and oxygen atoms in total. The highest BCUT2D eigenvalue weighted by Crippen LogP contribution is 2.37. The van der Waals surface area contributed by atoms with Gasteiger partial charge in [0, 0.05) is 60.5 Å². The fraction of sp³-hybridized carbons (Fsp3) is 0.320. The number of amides is 1. The Bertz CT molecular complexity index is 1260. The van der Waals surface area contributed by atoms with Gasteiger partial charge >= 0.3 is 0 Å². The van der Waals surface area contributed by atoms with Gasteiger partial charge in [0.25, 0.3) is 5.91 Å². The molecule has 5 rings (SSSR count). The molecule has 0 spiro atoms. The second-order valence-electron chi connectivity index (χ2n) is 8.87. The number of halogens is 2. The first-order valence-corrected chi connectivity index (χ1v) is 11.1. The second kappa shape index (κ2) is 8.41. The summed E-state index contributed by atoms with van der Waals surface area (Å²) < 4.78 is 30.3. The number of benzene rings is 2. The van der Waals surface area contributed by atoms with Crippen molar-refractivity contribution < 1.29 is 18.7 Å². The molecule has 176 valence electrons. The number of nitrogens with one attached hydrogen (secondary N) is 1. The van der Waals surface area contributed by atoms with Crippen LogP contribution in [0, 0.1) is 11.6 Å². The smallest absolute Gasteiger partial charge is 0.252 e. The maximum atomic E-state index is 15.2. The van der Waals surface area contributed by atoms with E-state index in [0.717, 1.165) is 0 Å². The number of β-amino-alcohol motifs (C(OH)–C–C–N with tert-alkyl or cyclic N) is 1. The SMILES string of the molecule is CN=Cc1c(-c2cc(F)c(CN3CC4=C(CCC=N4)C3=O)c(F)c2)ccc(C2(O)CNC2)c1N. The molecule has 2 aromatic carbocycles. The third kappa shape index (κ3) is 3.61. The molecule has 0 radical (unpaired) electrons. The predicted octanol–water partition coefficient (Wildman–Crippen LogP) is 2.51. The number of rotatable bonds is 5. The number of aliphatic hydroxyl groups is 1. The molecule has 0 aliphatic carbocycles. The number of carbonyl (C=O) groups excluding carboxylic acids is 1. The minimum atomic E-state index is -1.08. The second-order valence-corrected chi connectivity index (χ2v) is 8.87. The van der Waals surface area contributed by atoms with E-state index >= 15 is 8.78 Å². The minimum Gasteiger partial charge on any atom is -0.398 e. The van der Waals surface area contributed by atoms with Crippen molar-refractivity contribution in [3.8, 4) is 11.1 Å². The molecule has 4 N–H and O–H groups in total. The average molecular weight is 466 g/mol. The summed E-state index contributed by atoms with van der Waals surface area (Å²) in [4.78, 5) is 22.4. The van der Waals surface area contributed by atoms with Crippen LogP contribution in [0.5, 0.6) is 0 Å². The van der Waals surface area contributed by atoms with Crippen LogP contribution in [0.1, 0.15) is 29.5 Å². The Morgan fingerprint density at radius 2 is 2.03 bits per heavy atom. The van der Waals surface area contributed by atoms with Crippen LogP contribution in [0.15, 0.2) is 45.5 Å². The molecule has 3 heterocycles. The van der Waals surface area contributed by atoms with Gasteiger partial charge in [-0.05, 0) is 36.1 Å². The number of hydrogen-bond donors (Lipinski definition) is 3. The highest BCUT2D eigenvalue weighted by molar-refractivity contribution is 5.99. The molecule has 34 heavy (non-hydrogen) atoms. The highest BCUT2D eigenvalue weighted by atomic mass is 19.1. The van der Waals surface area contributed by atoms with E-state index in [9.17, 15) is 9.90 Å². The van der Waals surface area contributed by atoms with Crippen LogP contribution in [0.2, 0.25) is 0 Å². The summed E-state index contributed by atoms with van der Waals surface area (Å²) in [7, 11) is 1.57. The van der Waals surface area contributed by atoms with E-state index < -0.39 is 17.2 Å². The van der Waals surface area contributed by atoms with Crippen molar-refractivity contribution in [2.75, 3.05) is 32.4 Å². The zero-order valence-corrected chi connectivity index (χ0v) is 18.7. The van der Waals surface area contributed by atoms with Crippen molar-refractivity contribution in [1.82, 2.24) is 10.2 Å². The normalized spacial score (nSPS) is 19.2. The number of nitrogen functional groups attached to an aromatic ring is 1. The molecule has 0 bridgehead atoms. The quantitative estimate of drug-likeness (QED) is 0.466. The van der Waals surface area contributed by atoms with Crippen molar-refractivity contribution in [2.45, 2.75) is 25.0 Å². The molecule has 2 aromatic rings. The molecule has 1 saturated heterocycles. The first-order chi connectivity index (χ1) is 16.3. The Kier molecular flexibility index (Phi) is 5.53. The average Bonchev–Trinajstić information content (AvgIpc) is 3.11. The number of carbonyl (C=O) groups is 1. The largest absolute Gasteiger partial charge is 0.398 e. The Balaban J connectivity index is 1.48. The van der Waals surface area contributed by atoms with Gasteiger partial charge in [-0.1, -0.05) is 12.1 Å². The molecular formula is C25H25F2N5O2. The Morgan fingerprint density at radius 1 is 1.29 bits per heavy atom. The lowest BCUT2D eigenvalue weighted by atomic mass is 9.83. The van der Waals surface area contributed by atoms with E-state index in [1.54, 1.807) is 25.4 Å². The summed E-state index contributed by atoms with van der Waals surface area (Å²) in [5.74, 6) is -1.72. The van der Waals surface area contributed by atoms with Gasteiger partial charge in [-0.25, -0.2) is 8.78 Å². The maximum absolute atomic E-state index is 15.2. The molecule has 0 unspecified atom stereocenters. The van der Waals surface area contributed by atoms with Crippen molar-refractivity contribution in [2.24, 2.45) is 9.98 Å². The fourth-order valence-corrected chi connectivity index (χ4v) is 4.76. The number of aliphatic imine (C=N–C) groups is 2. The van der Waals surface area contributed by atoms with Crippen LogP contribution < -0.4 is 11.1 Å². The Morgan fingerprint density at radius 3 is 2.65 bits per heavy atom. The van der Waals surface area contributed by atoms with Gasteiger partial charge < -0.3 is 21.1 Å². The van der Waals surface area contributed by atoms with Crippen LogP contribution in [0.3, 0.4) is 0 Å². The summed E-state index contributed by atoms with van der Waals surface area (Å²) in [5, 5.41) is 13.7. The number of nitrogens with zero attached hydrogens (tertiary/aromatic N) is 3. The molecule has 3 aliphatic heterocycles. The van der Waals surface area contributed by atoms with Gasteiger partial charge in [0.15, 0.2) is 0 Å². The van der Waals surface area contributed by atoms with Gasteiger partial charge in [0.1, 0.15) is 17.2 Å². The predicted molar refractivity (Wildman–Crippen MR) is 127 cm³/mol. The van der Waals surface area contributed by atoms with Crippen LogP contribution in [-0.4, -0.2) is 55.0 Å². The molecule has 0 aromatic heterocycles. The zero-order valence-electron chi connectivity index (χ0n) is 18.7. The van der Waals surface area contributed by atoms with Gasteiger partial charge in [0.05, 0.1) is 18.8 Å². The van der Waals surface area contributed by atoms with Gasteiger partial charge in [-0.15, -0.1) is 0 Å². The third-order valence-electron chi connectivity index (χ3n) is 6.69. The summed E-state index contributed by atoms with van der Waals surface area (Å²) in [5.41, 5.74) is 8.55. The van der Waals surface area contributed by atoms with E-state index in [4.69, 9.17) is 5.73 Å². The minimum absolute atomic E-state index is 0.175. The number of hydrogen-bond acceptors (Lipinski definition) is 6. The number of anilines is 1. The monoisotopic (exact) mass is 465 g/mol. The first-order valence-electron chi connectivity index (χ1n) is 11.1. The van der Waals surface area contributed by atoms with E-state index in [-0.39, 0.29) is 24.6 Å². The highest BCUT2D eigenvalue weighted by Gasteiger charge is 2.38. The molecule has 0 saturated carbocycles. The van der Waals surface area contributed by atoms with E-state index in [0.29, 0.717) is 65.1 Å². The van der Waals surface area contributed by atoms with Crippen LogP contribution >= 0.6 is 0 Å². The molecular weight excluding hydrogens is 440 g/mol. The van der Waals surface area contributed by atoms with Crippen molar-refractivity contribution in [3.63, 3.8) is 0 Å².